The van der Waals surface area contributed by atoms with Crippen molar-refractivity contribution in [3.05, 3.63) is 35.6 Å². The lowest BCUT2D eigenvalue weighted by atomic mass is 10.1. The van der Waals surface area contributed by atoms with Crippen LogP contribution in [-0.2, 0) is 6.42 Å². The molecule has 0 aliphatic carbocycles. The molecule has 0 spiro atoms. The van der Waals surface area contributed by atoms with E-state index < -0.39 is 0 Å². The van der Waals surface area contributed by atoms with E-state index in [0.717, 1.165) is 12.0 Å². The molecule has 0 radical (unpaired) electrons. The van der Waals surface area contributed by atoms with E-state index in [-0.39, 0.29) is 11.9 Å². The lowest BCUT2D eigenvalue weighted by molar-refractivity contribution is 0.623. The lowest BCUT2D eigenvalue weighted by Crippen LogP contribution is -2.37. The van der Waals surface area contributed by atoms with Gasteiger partial charge in [-0.3, -0.25) is 0 Å². The Balaban J connectivity index is 2.51. The van der Waals surface area contributed by atoms with Crippen molar-refractivity contribution in [3.8, 4) is 0 Å². The van der Waals surface area contributed by atoms with E-state index in [1.807, 2.05) is 6.92 Å². The van der Waals surface area contributed by atoms with E-state index in [4.69, 9.17) is 18.0 Å². The summed E-state index contributed by atoms with van der Waals surface area (Å²) in [7, 11) is 0. The highest BCUT2D eigenvalue weighted by atomic mass is 32.1. The third-order valence-electron chi connectivity index (χ3n) is 1.84. The highest BCUT2D eigenvalue weighted by Gasteiger charge is 2.03. The molecule has 1 unspecified atom stereocenters. The zero-order valence-corrected chi connectivity index (χ0v) is 8.77. The third kappa shape index (κ3) is 3.70. The number of hydrogen-bond acceptors (Lipinski definition) is 1. The quantitative estimate of drug-likeness (QED) is 0.747. The molecule has 76 valence electrons. The van der Waals surface area contributed by atoms with Crippen molar-refractivity contribution in [1.82, 2.24) is 5.32 Å². The molecule has 0 aromatic heterocycles. The summed E-state index contributed by atoms with van der Waals surface area (Å²) in [4.78, 5) is 0. The molecular weight excluding hydrogens is 199 g/mol. The Morgan fingerprint density at radius 2 is 2.07 bits per heavy atom. The van der Waals surface area contributed by atoms with Gasteiger partial charge >= 0.3 is 0 Å². The van der Waals surface area contributed by atoms with E-state index in [0.29, 0.717) is 5.11 Å². The maximum atomic E-state index is 12.6. The number of nitrogens with one attached hydrogen (secondary N) is 1. The van der Waals surface area contributed by atoms with Crippen LogP contribution in [0, 0.1) is 5.82 Å². The first-order valence-electron chi connectivity index (χ1n) is 4.38. The van der Waals surface area contributed by atoms with Gasteiger partial charge in [-0.25, -0.2) is 4.39 Å². The third-order valence-corrected chi connectivity index (χ3v) is 1.96. The minimum absolute atomic E-state index is 0.165. The van der Waals surface area contributed by atoms with E-state index in [1.54, 1.807) is 12.1 Å². The van der Waals surface area contributed by atoms with Crippen LogP contribution in [0.2, 0.25) is 0 Å². The summed E-state index contributed by atoms with van der Waals surface area (Å²) >= 11 is 4.72. The predicted molar refractivity (Wildman–Crippen MR) is 59.5 cm³/mol. The number of thiocarbonyl (C=S) groups is 1. The van der Waals surface area contributed by atoms with E-state index in [2.05, 4.69) is 5.32 Å². The lowest BCUT2D eigenvalue weighted by Gasteiger charge is -2.13. The molecule has 0 heterocycles. The van der Waals surface area contributed by atoms with Crippen LogP contribution >= 0.6 is 12.2 Å². The second-order valence-electron chi connectivity index (χ2n) is 3.24. The normalized spacial score (nSPS) is 12.1. The zero-order valence-electron chi connectivity index (χ0n) is 7.96. The minimum Gasteiger partial charge on any atom is -0.376 e. The van der Waals surface area contributed by atoms with E-state index >= 15 is 0 Å². The highest BCUT2D eigenvalue weighted by Crippen LogP contribution is 2.05. The number of halogens is 1. The van der Waals surface area contributed by atoms with Gasteiger partial charge in [-0.1, -0.05) is 12.1 Å². The Morgan fingerprint density at radius 3 is 2.57 bits per heavy atom. The molecule has 1 rings (SSSR count). The summed E-state index contributed by atoms with van der Waals surface area (Å²) in [5.41, 5.74) is 6.39. The van der Waals surface area contributed by atoms with Gasteiger partial charge < -0.3 is 11.1 Å². The predicted octanol–water partition coefficient (Wildman–Crippen LogP) is 1.59. The van der Waals surface area contributed by atoms with Gasteiger partial charge in [0.15, 0.2) is 5.11 Å². The van der Waals surface area contributed by atoms with Crippen LogP contribution in [0.5, 0.6) is 0 Å². The summed E-state index contributed by atoms with van der Waals surface area (Å²) in [5.74, 6) is -0.219. The summed E-state index contributed by atoms with van der Waals surface area (Å²) < 4.78 is 12.6. The summed E-state index contributed by atoms with van der Waals surface area (Å²) in [6.45, 7) is 1.97. The van der Waals surface area contributed by atoms with Crippen molar-refractivity contribution >= 4 is 17.3 Å². The largest absolute Gasteiger partial charge is 0.376 e. The van der Waals surface area contributed by atoms with Crippen molar-refractivity contribution in [2.24, 2.45) is 5.73 Å². The fourth-order valence-corrected chi connectivity index (χ4v) is 1.47. The Kier molecular flexibility index (Phi) is 3.83. The van der Waals surface area contributed by atoms with Crippen LogP contribution in [0.3, 0.4) is 0 Å². The monoisotopic (exact) mass is 212 g/mol. The van der Waals surface area contributed by atoms with Gasteiger partial charge in [-0.05, 0) is 43.3 Å². The molecule has 3 N–H and O–H groups in total. The van der Waals surface area contributed by atoms with E-state index in [1.165, 1.54) is 12.1 Å². The van der Waals surface area contributed by atoms with Crippen molar-refractivity contribution in [3.63, 3.8) is 0 Å². The van der Waals surface area contributed by atoms with Gasteiger partial charge in [0, 0.05) is 6.04 Å². The smallest absolute Gasteiger partial charge is 0.163 e. The van der Waals surface area contributed by atoms with Crippen LogP contribution in [0.1, 0.15) is 12.5 Å². The second-order valence-corrected chi connectivity index (χ2v) is 3.68. The molecule has 14 heavy (non-hydrogen) atoms. The molecule has 2 nitrogen and oxygen atoms in total. The maximum absolute atomic E-state index is 12.6. The molecule has 0 saturated heterocycles. The van der Waals surface area contributed by atoms with Crippen molar-refractivity contribution in [1.29, 1.82) is 0 Å². The molecule has 0 aliphatic heterocycles. The van der Waals surface area contributed by atoms with Crippen LogP contribution in [-0.4, -0.2) is 11.2 Å². The van der Waals surface area contributed by atoms with Crippen LogP contribution in [0.4, 0.5) is 4.39 Å². The first kappa shape index (κ1) is 10.9. The number of rotatable bonds is 3. The van der Waals surface area contributed by atoms with Crippen LogP contribution < -0.4 is 11.1 Å². The van der Waals surface area contributed by atoms with Gasteiger partial charge in [-0.15, -0.1) is 0 Å². The van der Waals surface area contributed by atoms with Crippen molar-refractivity contribution in [2.45, 2.75) is 19.4 Å². The van der Waals surface area contributed by atoms with Gasteiger partial charge in [-0.2, -0.15) is 0 Å². The summed E-state index contributed by atoms with van der Waals surface area (Å²) in [5, 5.41) is 3.21. The van der Waals surface area contributed by atoms with Gasteiger partial charge in [0.2, 0.25) is 0 Å². The number of nitrogens with two attached hydrogens (primary N) is 1. The Bertz CT molecular complexity index is 310. The Labute approximate surface area is 88.3 Å². The maximum Gasteiger partial charge on any atom is 0.163 e. The summed E-state index contributed by atoms with van der Waals surface area (Å²) in [6.07, 6.45) is 0.775. The van der Waals surface area contributed by atoms with E-state index in [9.17, 15) is 4.39 Å². The highest BCUT2D eigenvalue weighted by molar-refractivity contribution is 7.80. The molecule has 1 aromatic rings. The number of hydrogen-bond donors (Lipinski definition) is 2. The second kappa shape index (κ2) is 4.91. The Morgan fingerprint density at radius 1 is 1.50 bits per heavy atom. The first-order chi connectivity index (χ1) is 6.58. The van der Waals surface area contributed by atoms with Gasteiger partial charge in [0.05, 0.1) is 0 Å². The SMILES string of the molecule is CC(Cc1ccc(F)cc1)NC(N)=S. The first-order valence-corrected chi connectivity index (χ1v) is 4.79. The fraction of sp³-hybridized carbons (Fsp3) is 0.300. The zero-order chi connectivity index (χ0) is 10.6. The summed E-state index contributed by atoms with van der Waals surface area (Å²) in [6, 6.07) is 6.57. The van der Waals surface area contributed by atoms with Crippen molar-refractivity contribution in [2.75, 3.05) is 0 Å². The average molecular weight is 212 g/mol. The topological polar surface area (TPSA) is 38.0 Å². The molecule has 0 bridgehead atoms. The molecular formula is C10H13FN2S. The minimum atomic E-state index is -0.219. The number of benzene rings is 1. The van der Waals surface area contributed by atoms with Gasteiger partial charge in [0.1, 0.15) is 5.82 Å². The molecule has 0 fully saturated rings. The molecule has 1 aromatic carbocycles. The molecule has 4 heteroatoms. The standard InChI is InChI=1S/C10H13FN2S/c1-7(13-10(12)14)6-8-2-4-9(11)5-3-8/h2-5,7H,6H2,1H3,(H3,12,13,14). The fourth-order valence-electron chi connectivity index (χ4n) is 1.27. The molecule has 0 amide bonds. The molecule has 0 saturated carbocycles. The molecule has 1 atom stereocenters. The Hall–Kier alpha value is -1.16. The van der Waals surface area contributed by atoms with Crippen molar-refractivity contribution < 1.29 is 4.39 Å². The van der Waals surface area contributed by atoms with Crippen LogP contribution in [0.25, 0.3) is 0 Å². The van der Waals surface area contributed by atoms with Crippen LogP contribution in [0.15, 0.2) is 24.3 Å². The average Bonchev–Trinajstić information content (AvgIpc) is 2.07. The van der Waals surface area contributed by atoms with Gasteiger partial charge in [0.25, 0.3) is 0 Å². The molecule has 0 aliphatic rings.